The highest BCUT2D eigenvalue weighted by molar-refractivity contribution is 5.81. The van der Waals surface area contributed by atoms with Crippen molar-refractivity contribution in [2.75, 3.05) is 26.2 Å². The van der Waals surface area contributed by atoms with E-state index in [2.05, 4.69) is 0 Å². The van der Waals surface area contributed by atoms with Crippen molar-refractivity contribution in [3.63, 3.8) is 0 Å². The minimum Gasteiger partial charge on any atom is -0.481 e. The molecule has 144 valence electrons. The summed E-state index contributed by atoms with van der Waals surface area (Å²) in [4.78, 5) is 16.5. The Morgan fingerprint density at radius 2 is 1.85 bits per heavy atom. The Bertz CT molecular complexity index is 770. The minimum absolute atomic E-state index is 0.0577. The Labute approximate surface area is 158 Å². The number of halogens is 2. The number of hydrogen-bond acceptors (Lipinski definition) is 3. The zero-order chi connectivity index (χ0) is 19.2. The summed E-state index contributed by atoms with van der Waals surface area (Å²) in [6.45, 7) is 4.59. The topological polar surface area (TPSA) is 32.8 Å². The van der Waals surface area contributed by atoms with Crippen molar-refractivity contribution >= 4 is 5.91 Å². The van der Waals surface area contributed by atoms with E-state index in [1.165, 1.54) is 6.07 Å². The molecule has 3 rings (SSSR count). The normalized spacial score (nSPS) is 16.6. The number of para-hydroxylation sites is 1. The lowest BCUT2D eigenvalue weighted by Crippen LogP contribution is -2.42. The lowest BCUT2D eigenvalue weighted by molar-refractivity contribution is -0.137. The summed E-state index contributed by atoms with van der Waals surface area (Å²) in [7, 11) is 0. The first kappa shape index (κ1) is 19.3. The van der Waals surface area contributed by atoms with Crippen molar-refractivity contribution in [2.45, 2.75) is 26.0 Å². The second-order valence-corrected chi connectivity index (χ2v) is 6.76. The molecular weight excluding hydrogens is 350 g/mol. The molecule has 0 N–H and O–H groups in total. The number of carbonyl (C=O) groups excluding carboxylic acids is 1. The maximum Gasteiger partial charge on any atom is 0.263 e. The fourth-order valence-corrected chi connectivity index (χ4v) is 3.27. The van der Waals surface area contributed by atoms with Gasteiger partial charge in [-0.05, 0) is 43.7 Å². The van der Waals surface area contributed by atoms with Crippen LogP contribution < -0.4 is 4.74 Å². The van der Waals surface area contributed by atoms with Crippen molar-refractivity contribution in [1.29, 1.82) is 0 Å². The summed E-state index contributed by atoms with van der Waals surface area (Å²) in [6.07, 6.45) is 0.209. The standard InChI is InChI=1S/C21H24F2N2O2/c1-16(27-19-6-3-2-4-7-19)21(26)25-11-5-10-24(12-13-25)15-17-14-18(22)8-9-20(17)23/h2-4,6-9,14,16H,5,10-13,15H2,1H3. The van der Waals surface area contributed by atoms with E-state index in [4.69, 9.17) is 4.74 Å². The molecule has 0 aliphatic carbocycles. The third-order valence-corrected chi connectivity index (χ3v) is 4.71. The van der Waals surface area contributed by atoms with E-state index in [1.54, 1.807) is 11.8 Å². The molecule has 2 aromatic carbocycles. The molecule has 4 nitrogen and oxygen atoms in total. The maximum absolute atomic E-state index is 13.9. The molecular formula is C21H24F2N2O2. The van der Waals surface area contributed by atoms with Crippen LogP contribution in [0.2, 0.25) is 0 Å². The van der Waals surface area contributed by atoms with Gasteiger partial charge in [0.15, 0.2) is 6.10 Å². The van der Waals surface area contributed by atoms with Crippen molar-refractivity contribution in [2.24, 2.45) is 0 Å². The molecule has 0 radical (unpaired) electrons. The molecule has 0 bridgehead atoms. The molecule has 1 unspecified atom stereocenters. The zero-order valence-electron chi connectivity index (χ0n) is 15.4. The van der Waals surface area contributed by atoms with E-state index < -0.39 is 17.7 Å². The first-order valence-corrected chi connectivity index (χ1v) is 9.19. The molecule has 6 heteroatoms. The predicted molar refractivity (Wildman–Crippen MR) is 99.4 cm³/mol. The van der Waals surface area contributed by atoms with Crippen LogP contribution in [0.5, 0.6) is 5.75 Å². The molecule has 1 aliphatic heterocycles. The third-order valence-electron chi connectivity index (χ3n) is 4.71. The summed E-state index contributed by atoms with van der Waals surface area (Å²) in [6, 6.07) is 12.8. The van der Waals surface area contributed by atoms with Gasteiger partial charge in [0.25, 0.3) is 5.91 Å². The minimum atomic E-state index is -0.570. The highest BCUT2D eigenvalue weighted by Gasteiger charge is 2.25. The first-order chi connectivity index (χ1) is 13.0. The van der Waals surface area contributed by atoms with Gasteiger partial charge in [-0.3, -0.25) is 9.69 Å². The van der Waals surface area contributed by atoms with Gasteiger partial charge in [0.05, 0.1) is 0 Å². The van der Waals surface area contributed by atoms with Crippen molar-refractivity contribution in [1.82, 2.24) is 9.80 Å². The van der Waals surface area contributed by atoms with Crippen molar-refractivity contribution in [3.05, 3.63) is 65.7 Å². The van der Waals surface area contributed by atoms with Gasteiger partial charge >= 0.3 is 0 Å². The van der Waals surface area contributed by atoms with Crippen LogP contribution in [-0.2, 0) is 11.3 Å². The van der Waals surface area contributed by atoms with Gasteiger partial charge in [0, 0.05) is 38.3 Å². The fraction of sp³-hybridized carbons (Fsp3) is 0.381. The van der Waals surface area contributed by atoms with Gasteiger partial charge in [0.1, 0.15) is 17.4 Å². The van der Waals surface area contributed by atoms with Crippen LogP contribution in [0.25, 0.3) is 0 Å². The fourth-order valence-electron chi connectivity index (χ4n) is 3.27. The monoisotopic (exact) mass is 374 g/mol. The predicted octanol–water partition coefficient (Wildman–Crippen LogP) is 3.47. The van der Waals surface area contributed by atoms with Crippen molar-refractivity contribution in [3.8, 4) is 5.75 Å². The number of hydrogen-bond donors (Lipinski definition) is 0. The Balaban J connectivity index is 1.56. The van der Waals surface area contributed by atoms with Gasteiger partial charge in [-0.15, -0.1) is 0 Å². The number of rotatable bonds is 5. The van der Waals surface area contributed by atoms with Crippen LogP contribution in [-0.4, -0.2) is 48.0 Å². The highest BCUT2D eigenvalue weighted by atomic mass is 19.1. The first-order valence-electron chi connectivity index (χ1n) is 9.19. The van der Waals surface area contributed by atoms with Gasteiger partial charge < -0.3 is 9.64 Å². The van der Waals surface area contributed by atoms with E-state index in [9.17, 15) is 13.6 Å². The zero-order valence-corrected chi connectivity index (χ0v) is 15.4. The van der Waals surface area contributed by atoms with Crippen LogP contribution in [0.1, 0.15) is 18.9 Å². The number of carbonyl (C=O) groups is 1. The summed E-state index contributed by atoms with van der Waals surface area (Å²) in [5.41, 5.74) is 0.343. The second kappa shape index (κ2) is 8.95. The summed E-state index contributed by atoms with van der Waals surface area (Å²) in [5, 5.41) is 0. The third kappa shape index (κ3) is 5.26. The molecule has 0 spiro atoms. The lowest BCUT2D eigenvalue weighted by Gasteiger charge is -2.25. The van der Waals surface area contributed by atoms with Crippen LogP contribution >= 0.6 is 0 Å². The van der Waals surface area contributed by atoms with Gasteiger partial charge in [0.2, 0.25) is 0 Å². The SMILES string of the molecule is CC(Oc1ccccc1)C(=O)N1CCCN(Cc2cc(F)ccc2F)CC1. The van der Waals surface area contributed by atoms with Crippen LogP contribution in [0.4, 0.5) is 8.78 Å². The summed E-state index contributed by atoms with van der Waals surface area (Å²) >= 11 is 0. The number of benzene rings is 2. The second-order valence-electron chi connectivity index (χ2n) is 6.76. The van der Waals surface area contributed by atoms with Gasteiger partial charge in [-0.25, -0.2) is 8.78 Å². The average molecular weight is 374 g/mol. The van der Waals surface area contributed by atoms with E-state index >= 15 is 0 Å². The Kier molecular flexibility index (Phi) is 6.40. The molecule has 1 aliphatic rings. The molecule has 27 heavy (non-hydrogen) atoms. The Hall–Kier alpha value is -2.47. The molecule has 2 aromatic rings. The summed E-state index contributed by atoms with van der Waals surface area (Å²) < 4.78 is 33.0. The molecule has 0 saturated carbocycles. The van der Waals surface area contributed by atoms with Gasteiger partial charge in [-0.2, -0.15) is 0 Å². The number of amides is 1. The molecule has 0 aromatic heterocycles. The molecule has 1 atom stereocenters. The van der Waals surface area contributed by atoms with E-state index in [-0.39, 0.29) is 5.91 Å². The average Bonchev–Trinajstić information content (AvgIpc) is 2.90. The largest absolute Gasteiger partial charge is 0.481 e. The lowest BCUT2D eigenvalue weighted by atomic mass is 10.2. The van der Waals surface area contributed by atoms with Gasteiger partial charge in [-0.1, -0.05) is 18.2 Å². The smallest absolute Gasteiger partial charge is 0.263 e. The van der Waals surface area contributed by atoms with Crippen LogP contribution in [0.15, 0.2) is 48.5 Å². The molecule has 1 fully saturated rings. The molecule has 1 amide bonds. The van der Waals surface area contributed by atoms with Crippen LogP contribution in [0.3, 0.4) is 0 Å². The van der Waals surface area contributed by atoms with Crippen LogP contribution in [0, 0.1) is 11.6 Å². The highest BCUT2D eigenvalue weighted by Crippen LogP contribution is 2.16. The molecule has 1 saturated heterocycles. The maximum atomic E-state index is 13.9. The van der Waals surface area contributed by atoms with E-state index in [1.807, 2.05) is 35.2 Å². The molecule has 1 heterocycles. The van der Waals surface area contributed by atoms with E-state index in [0.29, 0.717) is 37.5 Å². The number of ether oxygens (including phenoxy) is 1. The van der Waals surface area contributed by atoms with E-state index in [0.717, 1.165) is 25.1 Å². The Morgan fingerprint density at radius 1 is 1.07 bits per heavy atom. The summed E-state index contributed by atoms with van der Waals surface area (Å²) in [5.74, 6) is -0.239. The number of nitrogens with zero attached hydrogens (tertiary/aromatic N) is 2. The van der Waals surface area contributed by atoms with Crippen molar-refractivity contribution < 1.29 is 18.3 Å². The quantitative estimate of drug-likeness (QED) is 0.804. The Morgan fingerprint density at radius 3 is 2.63 bits per heavy atom.